The van der Waals surface area contributed by atoms with E-state index in [2.05, 4.69) is 5.48 Å². The molecule has 8 heteroatoms. The number of rotatable bonds is 2. The van der Waals surface area contributed by atoms with E-state index in [4.69, 9.17) is 9.57 Å². The lowest BCUT2D eigenvalue weighted by Gasteiger charge is -2.42. The maximum atomic E-state index is 12.3. The van der Waals surface area contributed by atoms with Crippen LogP contribution in [-0.2, 0) is 19.2 Å². The maximum absolute atomic E-state index is 12.3. The van der Waals surface area contributed by atoms with E-state index >= 15 is 0 Å². The van der Waals surface area contributed by atoms with Crippen LogP contribution in [-0.4, -0.2) is 63.1 Å². The number of carbonyl (C=O) groups is 2. The summed E-state index contributed by atoms with van der Waals surface area (Å²) in [5.41, 5.74) is 1.89. The van der Waals surface area contributed by atoms with E-state index in [9.17, 15) is 19.8 Å². The smallest absolute Gasteiger partial charge is 0.329 e. The molecule has 2 saturated heterocycles. The van der Waals surface area contributed by atoms with Crippen LogP contribution in [0.15, 0.2) is 0 Å². The molecule has 22 heavy (non-hydrogen) atoms. The molecule has 0 aromatic carbocycles. The average Bonchev–Trinajstić information content (AvgIpc) is 2.76. The molecular weight excluding hydrogens is 292 g/mol. The molecule has 0 aromatic rings. The second kappa shape index (κ2) is 6.11. The van der Waals surface area contributed by atoms with Gasteiger partial charge in [0.2, 0.25) is 5.91 Å². The van der Waals surface area contributed by atoms with Gasteiger partial charge in [0.15, 0.2) is 6.23 Å². The molecule has 0 aliphatic carbocycles. The van der Waals surface area contributed by atoms with Crippen molar-refractivity contribution in [3.05, 3.63) is 0 Å². The van der Waals surface area contributed by atoms with Gasteiger partial charge >= 0.3 is 5.97 Å². The van der Waals surface area contributed by atoms with Crippen molar-refractivity contribution in [1.29, 1.82) is 0 Å². The highest BCUT2D eigenvalue weighted by molar-refractivity contribution is 5.88. The number of hydroxylamine groups is 1. The third-order valence-corrected chi connectivity index (χ3v) is 3.74. The zero-order valence-electron chi connectivity index (χ0n) is 13.3. The van der Waals surface area contributed by atoms with Crippen molar-refractivity contribution in [3.63, 3.8) is 0 Å². The van der Waals surface area contributed by atoms with E-state index in [-0.39, 0.29) is 12.3 Å². The molecule has 8 nitrogen and oxygen atoms in total. The second-order valence-electron chi connectivity index (χ2n) is 6.79. The van der Waals surface area contributed by atoms with Gasteiger partial charge in [-0.15, -0.1) is 0 Å². The summed E-state index contributed by atoms with van der Waals surface area (Å²) in [5.74, 6) is -0.856. The summed E-state index contributed by atoms with van der Waals surface area (Å²) in [4.78, 5) is 30.8. The van der Waals surface area contributed by atoms with Crippen LogP contribution >= 0.6 is 0 Å². The van der Waals surface area contributed by atoms with Crippen LogP contribution in [0.2, 0.25) is 0 Å². The molecule has 2 heterocycles. The highest BCUT2D eigenvalue weighted by atomic mass is 16.7. The van der Waals surface area contributed by atoms with Crippen molar-refractivity contribution in [3.8, 4) is 0 Å². The minimum absolute atomic E-state index is 0.169. The summed E-state index contributed by atoms with van der Waals surface area (Å²) < 4.78 is 5.32. The Morgan fingerprint density at radius 1 is 1.36 bits per heavy atom. The highest BCUT2D eigenvalue weighted by Crippen LogP contribution is 2.28. The standard InChI is InChI=1S/C14H24N2O6/c1-7-10(18)11(19)12(22-15-7)16-8(5-6-9(16)17)13(20)21-14(2,3)4/h7-8,10-12,15,18-19H,5-6H2,1-4H3/t7-,8-,10-,11-,12-/m0/s1. The minimum Gasteiger partial charge on any atom is -0.458 e. The SMILES string of the molecule is C[C@@H]1NO[C@H](N2C(=O)CC[C@H]2C(=O)OC(C)(C)C)[C@@H](O)[C@H]1O. The van der Waals surface area contributed by atoms with Gasteiger partial charge in [-0.25, -0.2) is 4.79 Å². The number of aliphatic hydroxyl groups excluding tert-OH is 2. The Balaban J connectivity index is 2.16. The molecule has 0 saturated carbocycles. The van der Waals surface area contributed by atoms with Gasteiger partial charge in [0.05, 0.1) is 6.04 Å². The first-order valence-corrected chi connectivity index (χ1v) is 7.43. The number of carbonyl (C=O) groups excluding carboxylic acids is 2. The fourth-order valence-corrected chi connectivity index (χ4v) is 2.62. The largest absolute Gasteiger partial charge is 0.458 e. The number of hydrogen-bond donors (Lipinski definition) is 3. The van der Waals surface area contributed by atoms with Crippen LogP contribution in [0.3, 0.4) is 0 Å². The molecule has 5 atom stereocenters. The molecule has 2 rings (SSSR count). The van der Waals surface area contributed by atoms with Crippen LogP contribution in [0.4, 0.5) is 0 Å². The second-order valence-corrected chi connectivity index (χ2v) is 6.79. The zero-order valence-corrected chi connectivity index (χ0v) is 13.3. The number of ether oxygens (including phenoxy) is 1. The van der Waals surface area contributed by atoms with Gasteiger partial charge in [-0.2, -0.15) is 5.48 Å². The summed E-state index contributed by atoms with van der Waals surface area (Å²) in [6, 6.07) is -1.31. The lowest BCUT2D eigenvalue weighted by molar-refractivity contribution is -0.240. The van der Waals surface area contributed by atoms with Crippen molar-refractivity contribution in [2.75, 3.05) is 0 Å². The van der Waals surface area contributed by atoms with Crippen molar-refractivity contribution < 1.29 is 29.4 Å². The van der Waals surface area contributed by atoms with Gasteiger partial charge in [0.25, 0.3) is 0 Å². The molecule has 1 amide bonds. The van der Waals surface area contributed by atoms with Crippen LogP contribution < -0.4 is 5.48 Å². The molecule has 0 unspecified atom stereocenters. The van der Waals surface area contributed by atoms with Crippen molar-refractivity contribution >= 4 is 11.9 Å². The number of hydrogen-bond acceptors (Lipinski definition) is 7. The van der Waals surface area contributed by atoms with E-state index in [0.29, 0.717) is 6.42 Å². The first kappa shape index (κ1) is 17.1. The Morgan fingerprint density at radius 2 is 2.00 bits per heavy atom. The fourth-order valence-electron chi connectivity index (χ4n) is 2.62. The Labute approximate surface area is 129 Å². The monoisotopic (exact) mass is 316 g/mol. The quantitative estimate of drug-likeness (QED) is 0.578. The number of likely N-dealkylation sites (tertiary alicyclic amines) is 1. The molecule has 0 radical (unpaired) electrons. The molecular formula is C14H24N2O6. The summed E-state index contributed by atoms with van der Waals surface area (Å²) in [7, 11) is 0. The summed E-state index contributed by atoms with van der Waals surface area (Å²) in [6.45, 7) is 6.86. The number of nitrogens with zero attached hydrogens (tertiary/aromatic N) is 1. The van der Waals surface area contributed by atoms with Gasteiger partial charge < -0.3 is 14.9 Å². The molecule has 2 aliphatic rings. The number of esters is 1. The number of aliphatic hydroxyl groups is 2. The van der Waals surface area contributed by atoms with Gasteiger partial charge in [-0.05, 0) is 34.1 Å². The number of nitrogens with one attached hydrogen (secondary N) is 1. The first-order valence-electron chi connectivity index (χ1n) is 7.43. The lowest BCUT2D eigenvalue weighted by atomic mass is 10.0. The van der Waals surface area contributed by atoms with Gasteiger partial charge in [0, 0.05) is 6.42 Å². The Morgan fingerprint density at radius 3 is 2.59 bits per heavy atom. The summed E-state index contributed by atoms with van der Waals surface area (Å²) >= 11 is 0. The molecule has 0 bridgehead atoms. The predicted octanol–water partition coefficient (Wildman–Crippen LogP) is -0.710. The van der Waals surface area contributed by atoms with Gasteiger partial charge in [0.1, 0.15) is 23.9 Å². The van der Waals surface area contributed by atoms with Crippen LogP contribution in [0.25, 0.3) is 0 Å². The normalized spacial score (nSPS) is 36.5. The van der Waals surface area contributed by atoms with E-state index in [1.807, 2.05) is 0 Å². The number of amides is 1. The van der Waals surface area contributed by atoms with E-state index in [1.165, 1.54) is 4.90 Å². The topological polar surface area (TPSA) is 108 Å². The Bertz CT molecular complexity index is 449. The van der Waals surface area contributed by atoms with Gasteiger partial charge in [-0.1, -0.05) is 0 Å². The van der Waals surface area contributed by atoms with E-state index in [0.717, 1.165) is 0 Å². The van der Waals surface area contributed by atoms with E-state index in [1.54, 1.807) is 27.7 Å². The average molecular weight is 316 g/mol. The lowest BCUT2D eigenvalue weighted by Crippen LogP contribution is -2.64. The molecule has 2 aliphatic heterocycles. The fraction of sp³-hybridized carbons (Fsp3) is 0.857. The molecule has 3 N–H and O–H groups in total. The third-order valence-electron chi connectivity index (χ3n) is 3.74. The third kappa shape index (κ3) is 3.40. The Kier molecular flexibility index (Phi) is 4.76. The molecule has 0 aromatic heterocycles. The molecule has 0 spiro atoms. The maximum Gasteiger partial charge on any atom is 0.329 e. The van der Waals surface area contributed by atoms with Crippen LogP contribution in [0.1, 0.15) is 40.5 Å². The van der Waals surface area contributed by atoms with Crippen molar-refractivity contribution in [1.82, 2.24) is 10.4 Å². The van der Waals surface area contributed by atoms with Crippen LogP contribution in [0, 0.1) is 0 Å². The summed E-state index contributed by atoms with van der Waals surface area (Å²) in [5, 5.41) is 20.1. The zero-order chi connectivity index (χ0) is 16.7. The van der Waals surface area contributed by atoms with Crippen molar-refractivity contribution in [2.45, 2.75) is 76.7 Å². The predicted molar refractivity (Wildman–Crippen MR) is 75.2 cm³/mol. The van der Waals surface area contributed by atoms with Gasteiger partial charge in [-0.3, -0.25) is 14.5 Å². The first-order chi connectivity index (χ1) is 10.1. The van der Waals surface area contributed by atoms with Crippen LogP contribution in [0.5, 0.6) is 0 Å². The molecule has 126 valence electrons. The van der Waals surface area contributed by atoms with E-state index < -0.39 is 42.1 Å². The highest BCUT2D eigenvalue weighted by Gasteiger charge is 2.49. The van der Waals surface area contributed by atoms with Crippen molar-refractivity contribution in [2.24, 2.45) is 0 Å². The Hall–Kier alpha value is -1.22. The summed E-state index contributed by atoms with van der Waals surface area (Å²) in [6.07, 6.45) is -3.07. The minimum atomic E-state index is -1.30. The molecule has 2 fully saturated rings.